The van der Waals surface area contributed by atoms with E-state index in [1.165, 1.54) is 23.9 Å². The summed E-state index contributed by atoms with van der Waals surface area (Å²) in [5, 5.41) is 15.7. The van der Waals surface area contributed by atoms with E-state index in [1.807, 2.05) is 43.5 Å². The van der Waals surface area contributed by atoms with Gasteiger partial charge in [0, 0.05) is 36.0 Å². The van der Waals surface area contributed by atoms with Crippen LogP contribution in [0.25, 0.3) is 23.0 Å². The molecule has 0 N–H and O–H groups in total. The Labute approximate surface area is 188 Å². The van der Waals surface area contributed by atoms with E-state index in [1.54, 1.807) is 27.8 Å². The molecule has 2 aromatic carbocycles. The number of hydrogen-bond donors (Lipinski definition) is 0. The molecule has 3 aromatic rings. The average molecular weight is 451 g/mol. The van der Waals surface area contributed by atoms with E-state index in [2.05, 4.69) is 0 Å². The van der Waals surface area contributed by atoms with E-state index in [0.717, 1.165) is 23.2 Å². The molecule has 0 unspecified atom stereocenters. The lowest BCUT2D eigenvalue weighted by Crippen LogP contribution is -2.28. The van der Waals surface area contributed by atoms with Gasteiger partial charge in [0.1, 0.15) is 4.32 Å². The van der Waals surface area contributed by atoms with Crippen LogP contribution in [0.1, 0.15) is 18.9 Å². The zero-order valence-electron chi connectivity index (χ0n) is 16.6. The standard InChI is InChI=1S/C22H18N4O3S2/c1-2-12-24-21(27)19(31-22(24)30)13-16-14-25(17-6-4-3-5-7-17)23-20(16)15-8-10-18(11-9-15)26(28)29/h3-11,13-14H,2,12H2,1H3/b19-13-. The molecule has 4 rings (SSSR count). The lowest BCUT2D eigenvalue weighted by Gasteiger charge is -2.11. The topological polar surface area (TPSA) is 81.3 Å². The van der Waals surface area contributed by atoms with Crippen molar-refractivity contribution >= 4 is 46.0 Å². The first-order valence-corrected chi connectivity index (χ1v) is 10.9. The maximum atomic E-state index is 12.8. The lowest BCUT2D eigenvalue weighted by molar-refractivity contribution is -0.384. The number of aromatic nitrogens is 2. The molecule has 31 heavy (non-hydrogen) atoms. The van der Waals surface area contributed by atoms with Gasteiger partial charge in [-0.3, -0.25) is 19.8 Å². The highest BCUT2D eigenvalue weighted by molar-refractivity contribution is 8.26. The third-order valence-electron chi connectivity index (χ3n) is 4.72. The number of non-ortho nitro benzene ring substituents is 1. The summed E-state index contributed by atoms with van der Waals surface area (Å²) in [6.45, 7) is 2.58. The number of carbonyl (C=O) groups is 1. The first-order valence-electron chi connectivity index (χ1n) is 9.63. The number of hydrogen-bond acceptors (Lipinski definition) is 6. The summed E-state index contributed by atoms with van der Waals surface area (Å²) in [6, 6.07) is 15.8. The fourth-order valence-corrected chi connectivity index (χ4v) is 4.53. The van der Waals surface area contributed by atoms with Gasteiger partial charge in [-0.05, 0) is 36.8 Å². The van der Waals surface area contributed by atoms with Crippen LogP contribution >= 0.6 is 24.0 Å². The monoisotopic (exact) mass is 450 g/mol. The number of thioether (sulfide) groups is 1. The van der Waals surface area contributed by atoms with Crippen LogP contribution in [0.2, 0.25) is 0 Å². The molecule has 9 heteroatoms. The molecule has 7 nitrogen and oxygen atoms in total. The van der Waals surface area contributed by atoms with Crippen molar-refractivity contribution in [3.8, 4) is 16.9 Å². The van der Waals surface area contributed by atoms with Crippen LogP contribution in [0.5, 0.6) is 0 Å². The number of nitro benzene ring substituents is 1. The lowest BCUT2D eigenvalue weighted by atomic mass is 10.1. The number of thiocarbonyl (C=S) groups is 1. The van der Waals surface area contributed by atoms with E-state index in [0.29, 0.717) is 21.5 Å². The first-order chi connectivity index (χ1) is 15.0. The zero-order chi connectivity index (χ0) is 22.0. The number of nitrogens with zero attached hydrogens (tertiary/aromatic N) is 4. The number of rotatable bonds is 6. The van der Waals surface area contributed by atoms with Crippen LogP contribution in [0.4, 0.5) is 5.69 Å². The van der Waals surface area contributed by atoms with Crippen LogP contribution in [0, 0.1) is 10.1 Å². The second kappa shape index (κ2) is 8.83. The zero-order valence-corrected chi connectivity index (χ0v) is 18.2. The molecule has 0 aliphatic carbocycles. The minimum Gasteiger partial charge on any atom is -0.293 e. The number of carbonyl (C=O) groups excluding carboxylic acids is 1. The second-order valence-electron chi connectivity index (χ2n) is 6.85. The predicted octanol–water partition coefficient (Wildman–Crippen LogP) is 5.06. The molecule has 0 radical (unpaired) electrons. The predicted molar refractivity (Wildman–Crippen MR) is 126 cm³/mol. The van der Waals surface area contributed by atoms with Crippen LogP contribution in [-0.2, 0) is 4.79 Å². The molecule has 1 aliphatic heterocycles. The molecular weight excluding hydrogens is 432 g/mol. The van der Waals surface area contributed by atoms with Crippen molar-refractivity contribution in [2.24, 2.45) is 0 Å². The highest BCUT2D eigenvalue weighted by Gasteiger charge is 2.31. The molecule has 1 amide bonds. The molecular formula is C22H18N4O3S2. The fourth-order valence-electron chi connectivity index (χ4n) is 3.23. The first kappa shape index (κ1) is 21.0. The quantitative estimate of drug-likeness (QED) is 0.226. The summed E-state index contributed by atoms with van der Waals surface area (Å²) in [7, 11) is 0. The maximum absolute atomic E-state index is 12.8. The van der Waals surface area contributed by atoms with Gasteiger partial charge in [-0.1, -0.05) is 49.1 Å². The van der Waals surface area contributed by atoms with Gasteiger partial charge in [-0.25, -0.2) is 4.68 Å². The molecule has 1 aromatic heterocycles. The molecule has 0 spiro atoms. The highest BCUT2D eigenvalue weighted by Crippen LogP contribution is 2.35. The number of amides is 1. The molecule has 0 bridgehead atoms. The van der Waals surface area contributed by atoms with Gasteiger partial charge in [-0.2, -0.15) is 5.10 Å². The number of nitro groups is 1. The van der Waals surface area contributed by atoms with Crippen molar-refractivity contribution in [3.63, 3.8) is 0 Å². The van der Waals surface area contributed by atoms with Gasteiger partial charge >= 0.3 is 0 Å². The fraction of sp³-hybridized carbons (Fsp3) is 0.136. The van der Waals surface area contributed by atoms with E-state index in [-0.39, 0.29) is 11.6 Å². The van der Waals surface area contributed by atoms with Gasteiger partial charge in [0.05, 0.1) is 21.2 Å². The largest absolute Gasteiger partial charge is 0.293 e. The highest BCUT2D eigenvalue weighted by atomic mass is 32.2. The Hall–Kier alpha value is -3.30. The van der Waals surface area contributed by atoms with Crippen LogP contribution in [0.15, 0.2) is 65.7 Å². The van der Waals surface area contributed by atoms with E-state index < -0.39 is 4.92 Å². The summed E-state index contributed by atoms with van der Waals surface area (Å²) >= 11 is 6.64. The molecule has 1 aliphatic rings. The Bertz CT molecular complexity index is 1190. The van der Waals surface area contributed by atoms with Crippen LogP contribution in [-0.4, -0.2) is 36.4 Å². The van der Waals surface area contributed by atoms with E-state index in [9.17, 15) is 14.9 Å². The van der Waals surface area contributed by atoms with Gasteiger partial charge in [0.15, 0.2) is 0 Å². The summed E-state index contributed by atoms with van der Waals surface area (Å²) in [5.41, 5.74) is 2.95. The minimum atomic E-state index is -0.438. The molecule has 0 atom stereocenters. The minimum absolute atomic E-state index is 0.00762. The number of para-hydroxylation sites is 1. The normalized spacial score (nSPS) is 15.1. The molecule has 1 fully saturated rings. The summed E-state index contributed by atoms with van der Waals surface area (Å²) in [5.74, 6) is -0.112. The molecule has 1 saturated heterocycles. The summed E-state index contributed by atoms with van der Waals surface area (Å²) < 4.78 is 2.28. The SMILES string of the molecule is CCCN1C(=O)/C(=C/c2cn(-c3ccccc3)nc2-c2ccc([N+](=O)[O-])cc2)SC1=S. The second-order valence-corrected chi connectivity index (χ2v) is 8.53. The van der Waals surface area contributed by atoms with Gasteiger partial charge < -0.3 is 0 Å². The molecule has 2 heterocycles. The molecule has 156 valence electrons. The summed E-state index contributed by atoms with van der Waals surface area (Å²) in [4.78, 5) is 25.5. The van der Waals surface area contributed by atoms with E-state index >= 15 is 0 Å². The van der Waals surface area contributed by atoms with Crippen molar-refractivity contribution in [3.05, 3.63) is 81.4 Å². The maximum Gasteiger partial charge on any atom is 0.269 e. The van der Waals surface area contributed by atoms with Crippen molar-refractivity contribution < 1.29 is 9.72 Å². The summed E-state index contributed by atoms with van der Waals surface area (Å²) in [6.07, 6.45) is 4.45. The Kier molecular flexibility index (Phi) is 5.97. The smallest absolute Gasteiger partial charge is 0.269 e. The Balaban J connectivity index is 1.79. The van der Waals surface area contributed by atoms with Crippen molar-refractivity contribution in [2.75, 3.05) is 6.54 Å². The number of benzene rings is 2. The van der Waals surface area contributed by atoms with Crippen LogP contribution in [0.3, 0.4) is 0 Å². The Morgan fingerprint density at radius 1 is 1.16 bits per heavy atom. The third kappa shape index (κ3) is 4.28. The third-order valence-corrected chi connectivity index (χ3v) is 6.10. The van der Waals surface area contributed by atoms with Crippen molar-refractivity contribution in [1.29, 1.82) is 0 Å². The van der Waals surface area contributed by atoms with Crippen molar-refractivity contribution in [2.45, 2.75) is 13.3 Å². The van der Waals surface area contributed by atoms with Crippen molar-refractivity contribution in [1.82, 2.24) is 14.7 Å². The van der Waals surface area contributed by atoms with Gasteiger partial charge in [-0.15, -0.1) is 0 Å². The average Bonchev–Trinajstić information content (AvgIpc) is 3.31. The van der Waals surface area contributed by atoms with Crippen LogP contribution < -0.4 is 0 Å². The Morgan fingerprint density at radius 3 is 2.52 bits per heavy atom. The van der Waals surface area contributed by atoms with Gasteiger partial charge in [0.25, 0.3) is 11.6 Å². The van der Waals surface area contributed by atoms with Gasteiger partial charge in [0.2, 0.25) is 0 Å². The van der Waals surface area contributed by atoms with E-state index in [4.69, 9.17) is 17.3 Å². The molecule has 0 saturated carbocycles. The Morgan fingerprint density at radius 2 is 1.87 bits per heavy atom.